The number of sulfonamides is 1. The first-order valence-corrected chi connectivity index (χ1v) is 9.38. The molecule has 0 unspecified atom stereocenters. The molecule has 0 bridgehead atoms. The number of nitrogens with zero attached hydrogens (tertiary/aromatic N) is 2. The second-order valence-electron chi connectivity index (χ2n) is 5.67. The fourth-order valence-corrected chi connectivity index (χ4v) is 4.06. The summed E-state index contributed by atoms with van der Waals surface area (Å²) in [6.07, 6.45) is 1.40. The van der Waals surface area contributed by atoms with Crippen LogP contribution in [0, 0.1) is 12.7 Å². The summed E-state index contributed by atoms with van der Waals surface area (Å²) in [4.78, 5) is 12.5. The van der Waals surface area contributed by atoms with E-state index in [4.69, 9.17) is 0 Å². The minimum Gasteiger partial charge on any atom is -0.345 e. The third-order valence-electron chi connectivity index (χ3n) is 4.00. The summed E-state index contributed by atoms with van der Waals surface area (Å²) in [5.74, 6) is -0.963. The molecule has 1 aromatic carbocycles. The molecular formula is C17H22FN3O3S. The molecule has 0 aliphatic rings. The van der Waals surface area contributed by atoms with Gasteiger partial charge in [-0.25, -0.2) is 12.8 Å². The van der Waals surface area contributed by atoms with Gasteiger partial charge in [0.2, 0.25) is 10.0 Å². The van der Waals surface area contributed by atoms with Crippen LogP contribution in [0.15, 0.2) is 35.4 Å². The molecule has 0 aliphatic carbocycles. The summed E-state index contributed by atoms with van der Waals surface area (Å²) in [5.41, 5.74) is 1.23. The number of carbonyl (C=O) groups is 1. The van der Waals surface area contributed by atoms with Gasteiger partial charge in [-0.2, -0.15) is 4.31 Å². The fraction of sp³-hybridized carbons (Fsp3) is 0.353. The van der Waals surface area contributed by atoms with Crippen molar-refractivity contribution in [2.75, 3.05) is 18.4 Å². The van der Waals surface area contributed by atoms with Crippen LogP contribution in [0.4, 0.5) is 10.1 Å². The van der Waals surface area contributed by atoms with Crippen LogP contribution in [0.2, 0.25) is 0 Å². The summed E-state index contributed by atoms with van der Waals surface area (Å²) in [6, 6.07) is 5.43. The number of nitrogens with one attached hydrogen (secondary N) is 1. The lowest BCUT2D eigenvalue weighted by atomic mass is 10.2. The highest BCUT2D eigenvalue weighted by atomic mass is 32.2. The number of aryl methyl sites for hydroxylation is 2. The Morgan fingerprint density at radius 1 is 1.24 bits per heavy atom. The maximum atomic E-state index is 13.4. The van der Waals surface area contributed by atoms with Gasteiger partial charge < -0.3 is 9.88 Å². The molecule has 0 fully saturated rings. The van der Waals surface area contributed by atoms with Gasteiger partial charge in [0.25, 0.3) is 5.91 Å². The third-order valence-corrected chi connectivity index (χ3v) is 6.02. The number of amides is 1. The molecule has 25 heavy (non-hydrogen) atoms. The van der Waals surface area contributed by atoms with Gasteiger partial charge in [0.15, 0.2) is 0 Å². The van der Waals surface area contributed by atoms with Crippen LogP contribution in [0.5, 0.6) is 0 Å². The lowest BCUT2D eigenvalue weighted by molar-refractivity contribution is 0.101. The Hall–Kier alpha value is -2.19. The van der Waals surface area contributed by atoms with Gasteiger partial charge in [-0.1, -0.05) is 19.9 Å². The number of hydrogen-bond acceptors (Lipinski definition) is 3. The van der Waals surface area contributed by atoms with E-state index in [-0.39, 0.29) is 10.6 Å². The molecule has 1 aromatic heterocycles. The Balaban J connectivity index is 2.34. The standard InChI is InChI=1S/C17H22FN3O3S/c1-5-21(6-2)25(23,24)14-10-16(20(4)11-14)17(22)19-15-9-13(18)8-7-12(15)3/h7-11H,5-6H2,1-4H3,(H,19,22). The normalized spacial score (nSPS) is 11.8. The van der Waals surface area contributed by atoms with Crippen molar-refractivity contribution >= 4 is 21.6 Å². The monoisotopic (exact) mass is 367 g/mol. The Bertz CT molecular complexity index is 887. The number of aromatic nitrogens is 1. The number of hydrogen-bond donors (Lipinski definition) is 1. The molecule has 136 valence electrons. The van der Waals surface area contributed by atoms with Crippen molar-refractivity contribution in [3.63, 3.8) is 0 Å². The van der Waals surface area contributed by atoms with Crippen LogP contribution in [0.1, 0.15) is 29.9 Å². The van der Waals surface area contributed by atoms with Crippen molar-refractivity contribution in [2.24, 2.45) is 7.05 Å². The van der Waals surface area contributed by atoms with Crippen molar-refractivity contribution < 1.29 is 17.6 Å². The molecule has 0 spiro atoms. The minimum atomic E-state index is -3.65. The molecule has 0 radical (unpaired) electrons. The van der Waals surface area contributed by atoms with Gasteiger partial charge in [0, 0.05) is 32.0 Å². The highest BCUT2D eigenvalue weighted by Crippen LogP contribution is 2.21. The zero-order valence-electron chi connectivity index (χ0n) is 14.7. The van der Waals surface area contributed by atoms with Crippen molar-refractivity contribution in [1.82, 2.24) is 8.87 Å². The topological polar surface area (TPSA) is 71.4 Å². The predicted octanol–water partition coefficient (Wildman–Crippen LogP) is 2.76. The van der Waals surface area contributed by atoms with Crippen molar-refractivity contribution in [3.05, 3.63) is 47.5 Å². The first-order valence-electron chi connectivity index (χ1n) is 7.94. The lowest BCUT2D eigenvalue weighted by Gasteiger charge is -2.17. The number of benzene rings is 1. The lowest BCUT2D eigenvalue weighted by Crippen LogP contribution is -2.30. The summed E-state index contributed by atoms with van der Waals surface area (Å²) >= 11 is 0. The smallest absolute Gasteiger partial charge is 0.272 e. The summed E-state index contributed by atoms with van der Waals surface area (Å²) in [6.45, 7) is 5.94. The summed E-state index contributed by atoms with van der Waals surface area (Å²) in [7, 11) is -2.06. The Kier molecular flexibility index (Phi) is 5.64. The van der Waals surface area contributed by atoms with E-state index >= 15 is 0 Å². The summed E-state index contributed by atoms with van der Waals surface area (Å²) in [5, 5.41) is 2.62. The molecule has 1 amide bonds. The Labute approximate surface area is 147 Å². The zero-order chi connectivity index (χ0) is 18.8. The SMILES string of the molecule is CCN(CC)S(=O)(=O)c1cc(C(=O)Nc2cc(F)ccc2C)n(C)c1. The van der Waals surface area contributed by atoms with Gasteiger partial charge in [-0.3, -0.25) is 4.79 Å². The highest BCUT2D eigenvalue weighted by Gasteiger charge is 2.25. The molecule has 0 saturated heterocycles. The van der Waals surface area contributed by atoms with E-state index in [0.717, 1.165) is 0 Å². The second kappa shape index (κ2) is 7.37. The molecule has 0 atom stereocenters. The van der Waals surface area contributed by atoms with E-state index < -0.39 is 21.7 Å². The Morgan fingerprint density at radius 2 is 1.88 bits per heavy atom. The number of anilines is 1. The van der Waals surface area contributed by atoms with Crippen molar-refractivity contribution in [3.8, 4) is 0 Å². The van der Waals surface area contributed by atoms with E-state index in [0.29, 0.717) is 24.3 Å². The molecular weight excluding hydrogens is 345 g/mol. The maximum Gasteiger partial charge on any atom is 0.272 e. The maximum absolute atomic E-state index is 13.4. The second-order valence-corrected chi connectivity index (χ2v) is 7.61. The quantitative estimate of drug-likeness (QED) is 0.853. The van der Waals surface area contributed by atoms with Crippen LogP contribution in [-0.2, 0) is 17.1 Å². The van der Waals surface area contributed by atoms with E-state index in [1.54, 1.807) is 33.9 Å². The minimum absolute atomic E-state index is 0.0554. The summed E-state index contributed by atoms with van der Waals surface area (Å²) < 4.78 is 41.3. The van der Waals surface area contributed by atoms with E-state index in [9.17, 15) is 17.6 Å². The molecule has 6 nitrogen and oxygen atoms in total. The zero-order valence-corrected chi connectivity index (χ0v) is 15.5. The predicted molar refractivity (Wildman–Crippen MR) is 94.6 cm³/mol. The van der Waals surface area contributed by atoms with Gasteiger partial charge in [0.05, 0.1) is 0 Å². The van der Waals surface area contributed by atoms with Crippen LogP contribution < -0.4 is 5.32 Å². The van der Waals surface area contributed by atoms with Crippen molar-refractivity contribution in [2.45, 2.75) is 25.7 Å². The van der Waals surface area contributed by atoms with Crippen LogP contribution in [0.3, 0.4) is 0 Å². The molecule has 0 saturated carbocycles. The van der Waals surface area contributed by atoms with Gasteiger partial charge in [-0.05, 0) is 30.7 Å². The van der Waals surface area contributed by atoms with E-state index in [1.165, 1.54) is 33.3 Å². The van der Waals surface area contributed by atoms with Crippen LogP contribution in [-0.4, -0.2) is 36.3 Å². The fourth-order valence-electron chi connectivity index (χ4n) is 2.53. The first kappa shape index (κ1) is 19.1. The number of halogens is 1. The van der Waals surface area contributed by atoms with E-state index in [2.05, 4.69) is 5.32 Å². The number of carbonyl (C=O) groups excluding carboxylic acids is 1. The molecule has 2 rings (SSSR count). The largest absolute Gasteiger partial charge is 0.345 e. The van der Waals surface area contributed by atoms with Gasteiger partial charge in [0.1, 0.15) is 16.4 Å². The Morgan fingerprint density at radius 3 is 2.48 bits per heavy atom. The first-order chi connectivity index (χ1) is 11.7. The van der Waals surface area contributed by atoms with Gasteiger partial charge >= 0.3 is 0 Å². The van der Waals surface area contributed by atoms with Crippen LogP contribution in [0.25, 0.3) is 0 Å². The molecule has 1 N–H and O–H groups in total. The highest BCUT2D eigenvalue weighted by molar-refractivity contribution is 7.89. The third kappa shape index (κ3) is 3.91. The van der Waals surface area contributed by atoms with Gasteiger partial charge in [-0.15, -0.1) is 0 Å². The van der Waals surface area contributed by atoms with E-state index in [1.807, 2.05) is 0 Å². The van der Waals surface area contributed by atoms with Crippen molar-refractivity contribution in [1.29, 1.82) is 0 Å². The molecule has 8 heteroatoms. The molecule has 1 heterocycles. The molecule has 2 aromatic rings. The average molecular weight is 367 g/mol. The van der Waals surface area contributed by atoms with Crippen LogP contribution >= 0.6 is 0 Å². The molecule has 0 aliphatic heterocycles. The number of rotatable bonds is 6. The average Bonchev–Trinajstić information content (AvgIpc) is 2.94.